The quantitative estimate of drug-likeness (QED) is 0.448. The van der Waals surface area contributed by atoms with E-state index in [9.17, 15) is 10.1 Å². The van der Waals surface area contributed by atoms with Crippen LogP contribution in [0, 0.1) is 11.3 Å². The number of rotatable bonds is 3. The molecule has 0 fully saturated rings. The monoisotopic (exact) mass is 452 g/mol. The first-order valence-corrected chi connectivity index (χ1v) is 9.97. The van der Waals surface area contributed by atoms with E-state index in [-0.39, 0.29) is 11.8 Å². The summed E-state index contributed by atoms with van der Waals surface area (Å²) in [6, 6.07) is 18.2. The Morgan fingerprint density at radius 2 is 2.04 bits per heavy atom. The topological polar surface area (TPSA) is 85.3 Å². The van der Waals surface area contributed by atoms with Crippen LogP contribution in [0.3, 0.4) is 0 Å². The molecule has 0 saturated heterocycles. The first-order chi connectivity index (χ1) is 13.6. The van der Waals surface area contributed by atoms with Crippen molar-refractivity contribution < 1.29 is 14.3 Å². The third-order valence-corrected chi connectivity index (χ3v) is 5.95. The van der Waals surface area contributed by atoms with Crippen molar-refractivity contribution in [1.82, 2.24) is 0 Å². The Hall–Kier alpha value is -3.08. The Labute approximate surface area is 173 Å². The second-order valence-electron chi connectivity index (χ2n) is 6.01. The van der Waals surface area contributed by atoms with Crippen molar-refractivity contribution in [2.24, 2.45) is 5.73 Å². The normalized spacial score (nSPS) is 15.4. The van der Waals surface area contributed by atoms with Gasteiger partial charge >= 0.3 is 5.97 Å². The Kier molecular flexibility index (Phi) is 4.90. The van der Waals surface area contributed by atoms with Crippen LogP contribution < -0.4 is 15.2 Å². The van der Waals surface area contributed by atoms with Crippen molar-refractivity contribution in [3.05, 3.63) is 91.9 Å². The van der Waals surface area contributed by atoms with E-state index < -0.39 is 5.97 Å². The molecule has 1 atom stereocenters. The molecule has 4 rings (SSSR count). The number of carbonyl (C=O) groups excluding carboxylic acids is 1. The number of hydrogen-bond acceptors (Lipinski definition) is 6. The molecule has 2 N–H and O–H groups in total. The molecule has 2 aromatic carbocycles. The highest BCUT2D eigenvalue weighted by Gasteiger charge is 2.31. The molecule has 5 nitrogen and oxygen atoms in total. The number of benzene rings is 2. The number of nitriles is 1. The Bertz CT molecular complexity index is 1130. The molecule has 0 aliphatic carbocycles. The molecule has 28 heavy (non-hydrogen) atoms. The molecule has 0 amide bonds. The number of nitrogens with zero attached hydrogens (tertiary/aromatic N) is 1. The van der Waals surface area contributed by atoms with Crippen LogP contribution >= 0.6 is 27.3 Å². The van der Waals surface area contributed by atoms with Gasteiger partial charge in [0.15, 0.2) is 0 Å². The number of carbonyl (C=O) groups is 1. The van der Waals surface area contributed by atoms with E-state index in [1.807, 2.05) is 23.6 Å². The van der Waals surface area contributed by atoms with Gasteiger partial charge in [-0.3, -0.25) is 0 Å². The van der Waals surface area contributed by atoms with Crippen LogP contribution in [0.2, 0.25) is 0 Å². The van der Waals surface area contributed by atoms with Gasteiger partial charge in [-0.05, 0) is 45.6 Å². The van der Waals surface area contributed by atoms with Crippen LogP contribution in [0.15, 0.2) is 75.9 Å². The summed E-state index contributed by atoms with van der Waals surface area (Å²) in [5, 5.41) is 11.5. The second kappa shape index (κ2) is 7.50. The van der Waals surface area contributed by atoms with Crippen molar-refractivity contribution in [1.29, 1.82) is 5.26 Å². The number of allylic oxidation sites excluding steroid dienone is 1. The molecule has 2 heterocycles. The van der Waals surface area contributed by atoms with Gasteiger partial charge in [-0.25, -0.2) is 4.79 Å². The lowest BCUT2D eigenvalue weighted by atomic mass is 9.88. The largest absolute Gasteiger partial charge is 0.440 e. The minimum absolute atomic E-state index is 0.0580. The fraction of sp³-hybridized carbons (Fsp3) is 0.0476. The van der Waals surface area contributed by atoms with E-state index in [0.29, 0.717) is 27.1 Å². The summed E-state index contributed by atoms with van der Waals surface area (Å²) in [6.07, 6.45) is 0. The number of ether oxygens (including phenoxy) is 2. The van der Waals surface area contributed by atoms with Crippen LogP contribution in [0.25, 0.3) is 0 Å². The first kappa shape index (κ1) is 18.3. The molecule has 1 unspecified atom stereocenters. The number of nitrogens with two attached hydrogens (primary N) is 1. The van der Waals surface area contributed by atoms with E-state index in [2.05, 4.69) is 22.0 Å². The van der Waals surface area contributed by atoms with Crippen molar-refractivity contribution >= 4 is 33.2 Å². The summed E-state index contributed by atoms with van der Waals surface area (Å²) in [5.74, 6) is 0.0636. The second-order valence-corrected chi connectivity index (χ2v) is 7.84. The molecule has 7 heteroatoms. The molecular weight excluding hydrogens is 440 g/mol. The minimum Gasteiger partial charge on any atom is -0.440 e. The fourth-order valence-electron chi connectivity index (χ4n) is 3.04. The van der Waals surface area contributed by atoms with E-state index in [1.54, 1.807) is 47.7 Å². The molecule has 1 aliphatic heterocycles. The SMILES string of the molecule is N#CC1=C(N)Oc2cc(OC(=O)c3ccccc3Br)ccc2C1c1cccs1. The summed E-state index contributed by atoms with van der Waals surface area (Å²) in [4.78, 5) is 13.4. The molecule has 0 radical (unpaired) electrons. The Balaban J connectivity index is 1.69. The van der Waals surface area contributed by atoms with Gasteiger partial charge in [0.1, 0.15) is 23.1 Å². The van der Waals surface area contributed by atoms with Gasteiger partial charge in [0.2, 0.25) is 5.88 Å². The van der Waals surface area contributed by atoms with Gasteiger partial charge < -0.3 is 15.2 Å². The lowest BCUT2D eigenvalue weighted by Crippen LogP contribution is -2.20. The van der Waals surface area contributed by atoms with Crippen LogP contribution in [-0.4, -0.2) is 5.97 Å². The van der Waals surface area contributed by atoms with Crippen LogP contribution in [-0.2, 0) is 0 Å². The molecule has 0 bridgehead atoms. The van der Waals surface area contributed by atoms with Gasteiger partial charge in [0, 0.05) is 21.0 Å². The van der Waals surface area contributed by atoms with Crippen LogP contribution in [0.4, 0.5) is 0 Å². The van der Waals surface area contributed by atoms with Gasteiger partial charge in [-0.2, -0.15) is 5.26 Å². The third kappa shape index (κ3) is 3.28. The van der Waals surface area contributed by atoms with Crippen molar-refractivity contribution in [2.45, 2.75) is 5.92 Å². The lowest BCUT2D eigenvalue weighted by Gasteiger charge is -2.25. The van der Waals surface area contributed by atoms with Crippen LogP contribution in [0.5, 0.6) is 11.5 Å². The highest BCUT2D eigenvalue weighted by molar-refractivity contribution is 9.10. The van der Waals surface area contributed by atoms with Gasteiger partial charge in [-0.15, -0.1) is 11.3 Å². The summed E-state index contributed by atoms with van der Waals surface area (Å²) in [7, 11) is 0. The highest BCUT2D eigenvalue weighted by Crippen LogP contribution is 2.44. The smallest absolute Gasteiger partial charge is 0.344 e. The van der Waals surface area contributed by atoms with Gasteiger partial charge in [-0.1, -0.05) is 24.3 Å². The lowest BCUT2D eigenvalue weighted by molar-refractivity contribution is 0.0733. The van der Waals surface area contributed by atoms with E-state index in [4.69, 9.17) is 15.2 Å². The number of esters is 1. The summed E-state index contributed by atoms with van der Waals surface area (Å²) >= 11 is 4.89. The fourth-order valence-corrected chi connectivity index (χ4v) is 4.33. The van der Waals surface area contributed by atoms with Gasteiger partial charge in [0.25, 0.3) is 0 Å². The first-order valence-electron chi connectivity index (χ1n) is 8.30. The maximum absolute atomic E-state index is 12.4. The molecule has 138 valence electrons. The van der Waals surface area contributed by atoms with Gasteiger partial charge in [0.05, 0.1) is 11.5 Å². The average Bonchev–Trinajstić information content (AvgIpc) is 3.21. The third-order valence-electron chi connectivity index (χ3n) is 4.32. The molecular formula is C21H13BrN2O3S. The van der Waals surface area contributed by atoms with Crippen molar-refractivity contribution in [2.75, 3.05) is 0 Å². The zero-order valence-corrected chi connectivity index (χ0v) is 16.8. The van der Waals surface area contributed by atoms with E-state index >= 15 is 0 Å². The Morgan fingerprint density at radius 1 is 1.21 bits per heavy atom. The number of hydrogen-bond donors (Lipinski definition) is 1. The summed E-state index contributed by atoms with van der Waals surface area (Å²) < 4.78 is 11.8. The number of thiophene rings is 1. The molecule has 1 aromatic heterocycles. The average molecular weight is 453 g/mol. The van der Waals surface area contributed by atoms with Crippen molar-refractivity contribution in [3.63, 3.8) is 0 Å². The Morgan fingerprint density at radius 3 is 2.75 bits per heavy atom. The predicted octanol–water partition coefficient (Wildman–Crippen LogP) is 4.95. The summed E-state index contributed by atoms with van der Waals surface area (Å²) in [5.41, 5.74) is 7.58. The zero-order chi connectivity index (χ0) is 19.7. The minimum atomic E-state index is -0.487. The van der Waals surface area contributed by atoms with Crippen molar-refractivity contribution in [3.8, 4) is 17.6 Å². The van der Waals surface area contributed by atoms with Crippen LogP contribution in [0.1, 0.15) is 26.7 Å². The highest BCUT2D eigenvalue weighted by atomic mass is 79.9. The maximum atomic E-state index is 12.4. The molecule has 0 saturated carbocycles. The zero-order valence-electron chi connectivity index (χ0n) is 14.4. The molecule has 1 aliphatic rings. The van der Waals surface area contributed by atoms with E-state index in [1.165, 1.54) is 0 Å². The number of halogens is 1. The maximum Gasteiger partial charge on any atom is 0.344 e. The summed E-state index contributed by atoms with van der Waals surface area (Å²) in [6.45, 7) is 0. The molecule has 3 aromatic rings. The van der Waals surface area contributed by atoms with E-state index in [0.717, 1.165) is 10.4 Å². The predicted molar refractivity (Wildman–Crippen MR) is 109 cm³/mol. The number of fused-ring (bicyclic) bond motifs is 1. The molecule has 0 spiro atoms. The standard InChI is InChI=1S/C21H13BrN2O3S/c22-16-5-2-1-4-13(16)21(25)26-12-7-8-14-17(10-12)27-20(24)15(11-23)19(14)18-6-3-9-28-18/h1-10,19H,24H2.